The molecule has 1 atom stereocenters. The fraction of sp³-hybridized carbons (Fsp3) is 0.500. The van der Waals surface area contributed by atoms with Gasteiger partial charge in [0.15, 0.2) is 0 Å². The molecule has 1 N–H and O–H groups in total. The highest BCUT2D eigenvalue weighted by atomic mass is 16.6. The number of benzene rings is 1. The number of hydrogen-bond acceptors (Lipinski definition) is 3. The zero-order chi connectivity index (χ0) is 12.8. The molecular weight excluding hydrogens is 228 g/mol. The van der Waals surface area contributed by atoms with E-state index >= 15 is 0 Å². The Balaban J connectivity index is 2.19. The maximum Gasteiger partial charge on any atom is 0.424 e. The number of carbonyl (C=O) groups excluding carboxylic acids is 1. The second-order valence-electron chi connectivity index (χ2n) is 4.40. The van der Waals surface area contributed by atoms with Gasteiger partial charge in [0.25, 0.3) is 0 Å². The molecule has 1 aliphatic heterocycles. The molecule has 1 saturated heterocycles. The van der Waals surface area contributed by atoms with Crippen molar-refractivity contribution in [2.24, 2.45) is 0 Å². The molecule has 1 aromatic rings. The lowest BCUT2D eigenvalue weighted by Gasteiger charge is -2.29. The van der Waals surface area contributed by atoms with E-state index in [0.29, 0.717) is 6.61 Å². The van der Waals surface area contributed by atoms with Gasteiger partial charge >= 0.3 is 6.09 Å². The summed E-state index contributed by atoms with van der Waals surface area (Å²) < 4.78 is 5.11. The summed E-state index contributed by atoms with van der Waals surface area (Å²) in [5, 5.41) is 1.64. The molecule has 0 saturated carbocycles. The van der Waals surface area contributed by atoms with Crippen LogP contribution in [0.3, 0.4) is 0 Å². The van der Waals surface area contributed by atoms with E-state index in [4.69, 9.17) is 4.74 Å². The van der Waals surface area contributed by atoms with E-state index in [1.165, 1.54) is 0 Å². The van der Waals surface area contributed by atoms with Crippen LogP contribution in [0.2, 0.25) is 0 Å². The van der Waals surface area contributed by atoms with Crippen LogP contribution < -0.4 is 5.43 Å². The van der Waals surface area contributed by atoms with Crippen molar-refractivity contribution >= 4 is 6.09 Å². The molecule has 0 spiro atoms. The third-order valence-electron chi connectivity index (χ3n) is 3.15. The number of nitrogens with one attached hydrogen (secondary N) is 1. The summed E-state index contributed by atoms with van der Waals surface area (Å²) in [6, 6.07) is 10.2. The largest absolute Gasteiger partial charge is 0.449 e. The molecular formula is C14H20N2O2. The van der Waals surface area contributed by atoms with Gasteiger partial charge in [-0.15, -0.1) is 0 Å². The van der Waals surface area contributed by atoms with E-state index < -0.39 is 0 Å². The Morgan fingerprint density at radius 1 is 1.39 bits per heavy atom. The van der Waals surface area contributed by atoms with E-state index in [2.05, 4.69) is 17.6 Å². The molecule has 0 aliphatic carbocycles. The Morgan fingerprint density at radius 2 is 2.17 bits per heavy atom. The Morgan fingerprint density at radius 3 is 2.89 bits per heavy atom. The molecule has 1 aromatic carbocycles. The monoisotopic (exact) mass is 248 g/mol. The van der Waals surface area contributed by atoms with E-state index in [-0.39, 0.29) is 12.1 Å². The number of nitrogens with zero attached hydrogens (tertiary/aromatic N) is 1. The summed E-state index contributed by atoms with van der Waals surface area (Å²) in [7, 11) is 0. The molecule has 1 aliphatic rings. The van der Waals surface area contributed by atoms with Crippen LogP contribution in [0.25, 0.3) is 0 Å². The molecule has 1 amide bonds. The van der Waals surface area contributed by atoms with Crippen molar-refractivity contribution in [3.63, 3.8) is 0 Å². The number of hydrogen-bond donors (Lipinski definition) is 1. The number of ether oxygens (including phenoxy) is 1. The number of carbonyl (C=O) groups is 1. The lowest BCUT2D eigenvalue weighted by Crippen LogP contribution is -2.44. The van der Waals surface area contributed by atoms with Crippen molar-refractivity contribution in [2.75, 3.05) is 13.2 Å². The van der Waals surface area contributed by atoms with Crippen molar-refractivity contribution in [1.82, 2.24) is 10.4 Å². The second kappa shape index (κ2) is 6.40. The van der Waals surface area contributed by atoms with Gasteiger partial charge in [0.05, 0.1) is 12.6 Å². The van der Waals surface area contributed by atoms with Crippen molar-refractivity contribution in [1.29, 1.82) is 0 Å². The van der Waals surface area contributed by atoms with Gasteiger partial charge < -0.3 is 4.74 Å². The van der Waals surface area contributed by atoms with Gasteiger partial charge in [-0.1, -0.05) is 30.3 Å². The first-order valence-electron chi connectivity index (χ1n) is 6.57. The summed E-state index contributed by atoms with van der Waals surface area (Å²) in [6.45, 7) is 3.05. The first-order chi connectivity index (χ1) is 8.83. The highest BCUT2D eigenvalue weighted by Crippen LogP contribution is 2.27. The van der Waals surface area contributed by atoms with Crippen LogP contribution in [0.4, 0.5) is 4.79 Å². The van der Waals surface area contributed by atoms with Crippen molar-refractivity contribution in [2.45, 2.75) is 32.2 Å². The minimum atomic E-state index is -0.284. The average molecular weight is 248 g/mol. The molecule has 0 radical (unpaired) electrons. The molecule has 4 heteroatoms. The van der Waals surface area contributed by atoms with Crippen molar-refractivity contribution in [3.8, 4) is 0 Å². The van der Waals surface area contributed by atoms with Crippen LogP contribution in [0.1, 0.15) is 37.8 Å². The average Bonchev–Trinajstić information content (AvgIpc) is 2.65. The normalized spacial score (nSPS) is 20.3. The highest BCUT2D eigenvalue weighted by molar-refractivity contribution is 5.67. The van der Waals surface area contributed by atoms with Gasteiger partial charge in [-0.2, -0.15) is 0 Å². The fourth-order valence-electron chi connectivity index (χ4n) is 2.28. The number of rotatable bonds is 2. The van der Waals surface area contributed by atoms with Crippen molar-refractivity contribution < 1.29 is 9.53 Å². The third kappa shape index (κ3) is 3.01. The molecule has 98 valence electrons. The third-order valence-corrected chi connectivity index (χ3v) is 3.15. The predicted molar refractivity (Wildman–Crippen MR) is 69.9 cm³/mol. The first kappa shape index (κ1) is 12.9. The minimum absolute atomic E-state index is 0.0627. The lowest BCUT2D eigenvalue weighted by atomic mass is 10.0. The summed E-state index contributed by atoms with van der Waals surface area (Å²) >= 11 is 0. The number of amides is 1. The number of hydrazine groups is 1. The van der Waals surface area contributed by atoms with Crippen LogP contribution in [-0.4, -0.2) is 24.3 Å². The molecule has 1 fully saturated rings. The van der Waals surface area contributed by atoms with Gasteiger partial charge in [-0.3, -0.25) is 0 Å². The van der Waals surface area contributed by atoms with Gasteiger partial charge in [0.1, 0.15) is 0 Å². The smallest absolute Gasteiger partial charge is 0.424 e. The second-order valence-corrected chi connectivity index (χ2v) is 4.40. The first-order valence-corrected chi connectivity index (χ1v) is 6.57. The summed E-state index contributed by atoms with van der Waals surface area (Å²) in [5.41, 5.74) is 4.33. The topological polar surface area (TPSA) is 41.6 Å². The van der Waals surface area contributed by atoms with Gasteiger partial charge in [0.2, 0.25) is 0 Å². The van der Waals surface area contributed by atoms with Crippen LogP contribution >= 0.6 is 0 Å². The molecule has 4 nitrogen and oxygen atoms in total. The van der Waals surface area contributed by atoms with Gasteiger partial charge in [-0.25, -0.2) is 15.2 Å². The molecule has 0 bridgehead atoms. The maximum absolute atomic E-state index is 12.0. The summed E-state index contributed by atoms with van der Waals surface area (Å²) in [6.07, 6.45) is 2.88. The maximum atomic E-state index is 12.0. The quantitative estimate of drug-likeness (QED) is 0.875. The van der Waals surface area contributed by atoms with Crippen LogP contribution in [0, 0.1) is 0 Å². The van der Waals surface area contributed by atoms with Gasteiger partial charge in [0, 0.05) is 6.54 Å². The van der Waals surface area contributed by atoms with Gasteiger partial charge in [-0.05, 0) is 31.7 Å². The Labute approximate surface area is 108 Å². The summed E-state index contributed by atoms with van der Waals surface area (Å²) in [5.74, 6) is 0. The Kier molecular flexibility index (Phi) is 4.59. The molecule has 0 aromatic heterocycles. The fourth-order valence-corrected chi connectivity index (χ4v) is 2.28. The SMILES string of the molecule is CCOC(=O)N1NCCCC[C@H]1c1ccccc1. The summed E-state index contributed by atoms with van der Waals surface area (Å²) in [4.78, 5) is 12.0. The zero-order valence-corrected chi connectivity index (χ0v) is 10.8. The predicted octanol–water partition coefficient (Wildman–Crippen LogP) is 2.87. The minimum Gasteiger partial charge on any atom is -0.449 e. The van der Waals surface area contributed by atoms with Crippen LogP contribution in [-0.2, 0) is 4.74 Å². The van der Waals surface area contributed by atoms with E-state index in [9.17, 15) is 4.79 Å². The lowest BCUT2D eigenvalue weighted by molar-refractivity contribution is 0.0671. The van der Waals surface area contributed by atoms with E-state index in [0.717, 1.165) is 31.4 Å². The van der Waals surface area contributed by atoms with E-state index in [1.807, 2.05) is 25.1 Å². The molecule has 1 heterocycles. The van der Waals surface area contributed by atoms with Crippen molar-refractivity contribution in [3.05, 3.63) is 35.9 Å². The molecule has 2 rings (SSSR count). The standard InChI is InChI=1S/C14H20N2O2/c1-2-18-14(17)16-13(10-6-7-11-15-16)12-8-4-3-5-9-12/h3-5,8-9,13,15H,2,6-7,10-11H2,1H3/t13-/m0/s1. The Bertz CT molecular complexity index is 381. The highest BCUT2D eigenvalue weighted by Gasteiger charge is 2.27. The van der Waals surface area contributed by atoms with Crippen LogP contribution in [0.5, 0.6) is 0 Å². The molecule has 18 heavy (non-hydrogen) atoms. The van der Waals surface area contributed by atoms with Crippen LogP contribution in [0.15, 0.2) is 30.3 Å². The zero-order valence-electron chi connectivity index (χ0n) is 10.8. The van der Waals surface area contributed by atoms with E-state index in [1.54, 1.807) is 5.01 Å². The molecule has 0 unspecified atom stereocenters. The Hall–Kier alpha value is -1.55.